The topological polar surface area (TPSA) is 93.5 Å². The number of H-pyrrole nitrogens is 1. The Morgan fingerprint density at radius 3 is 2.79 bits per heavy atom. The van der Waals surface area contributed by atoms with Gasteiger partial charge in [-0.25, -0.2) is 4.99 Å². The summed E-state index contributed by atoms with van der Waals surface area (Å²) in [5, 5.41) is 10.4. The fourth-order valence-corrected chi connectivity index (χ4v) is 6.61. The number of aromatic amines is 1. The molecule has 1 fully saturated rings. The number of nitrogens with zero attached hydrogens (tertiary/aromatic N) is 4. The number of methoxy groups -OCH3 is 1. The van der Waals surface area contributed by atoms with E-state index in [4.69, 9.17) is 9.84 Å². The summed E-state index contributed by atoms with van der Waals surface area (Å²) in [5.74, 6) is 0.975. The molecule has 2 bridgehead atoms. The van der Waals surface area contributed by atoms with Gasteiger partial charge in [0.1, 0.15) is 6.34 Å². The minimum atomic E-state index is 0.114. The summed E-state index contributed by atoms with van der Waals surface area (Å²) in [6, 6.07) is 7.24. The molecule has 0 saturated carbocycles. The molecule has 42 heavy (non-hydrogen) atoms. The van der Waals surface area contributed by atoms with Crippen molar-refractivity contribution in [2.75, 3.05) is 53.6 Å². The number of carbonyl (C=O) groups excluding carboxylic acids is 1. The minimum Gasteiger partial charge on any atom is -0.396 e. The number of aliphatic hydroxyl groups excluding tert-OH is 1. The van der Waals surface area contributed by atoms with Crippen LogP contribution in [0.5, 0.6) is 0 Å². The second kappa shape index (κ2) is 13.9. The van der Waals surface area contributed by atoms with Gasteiger partial charge in [0.2, 0.25) is 5.91 Å². The van der Waals surface area contributed by atoms with Crippen LogP contribution >= 0.6 is 0 Å². The van der Waals surface area contributed by atoms with E-state index in [1.165, 1.54) is 33.3 Å². The summed E-state index contributed by atoms with van der Waals surface area (Å²) in [5.41, 5.74) is 8.54. The molecule has 1 aliphatic carbocycles. The lowest BCUT2D eigenvalue weighted by molar-refractivity contribution is -0.131. The Labute approximate surface area is 250 Å². The summed E-state index contributed by atoms with van der Waals surface area (Å²) in [4.78, 5) is 29.6. The van der Waals surface area contributed by atoms with E-state index in [1.54, 1.807) is 18.3 Å². The van der Waals surface area contributed by atoms with Crippen molar-refractivity contribution in [2.24, 2.45) is 9.98 Å². The zero-order chi connectivity index (χ0) is 29.6. The Bertz CT molecular complexity index is 1380. The molecule has 1 unspecified atom stereocenters. The number of allylic oxidation sites excluding steroid dienone is 3. The normalized spacial score (nSPS) is 22.6. The van der Waals surface area contributed by atoms with Gasteiger partial charge < -0.3 is 19.7 Å². The number of carbonyl (C=O) groups is 1. The van der Waals surface area contributed by atoms with E-state index in [9.17, 15) is 4.79 Å². The number of aliphatic hydroxyl groups is 1. The summed E-state index contributed by atoms with van der Waals surface area (Å²) in [6.45, 7) is 8.12. The number of likely N-dealkylation sites (N-methyl/N-ethyl adjacent to an activating group) is 1. The van der Waals surface area contributed by atoms with Crippen LogP contribution in [0.25, 0.3) is 16.5 Å². The molecule has 1 aromatic heterocycles. The molecule has 2 N–H and O–H groups in total. The third kappa shape index (κ3) is 6.93. The predicted molar refractivity (Wildman–Crippen MR) is 172 cm³/mol. The molecule has 0 spiro atoms. The first-order valence-corrected chi connectivity index (χ1v) is 15.6. The van der Waals surface area contributed by atoms with Crippen LogP contribution in [-0.4, -0.2) is 97.4 Å². The number of aliphatic imine (C=N–C) groups is 2. The number of aromatic nitrogens is 1. The van der Waals surface area contributed by atoms with Gasteiger partial charge in [-0.15, -0.1) is 0 Å². The van der Waals surface area contributed by atoms with Gasteiger partial charge in [-0.3, -0.25) is 14.7 Å². The van der Waals surface area contributed by atoms with Gasteiger partial charge >= 0.3 is 0 Å². The zero-order valence-corrected chi connectivity index (χ0v) is 25.7. The van der Waals surface area contributed by atoms with Gasteiger partial charge in [0.05, 0.1) is 19.2 Å². The van der Waals surface area contributed by atoms with Crippen molar-refractivity contribution in [1.29, 1.82) is 0 Å². The molecule has 226 valence electrons. The molecule has 0 radical (unpaired) electrons. The van der Waals surface area contributed by atoms with Gasteiger partial charge in [-0.05, 0) is 97.5 Å². The molecule has 2 aliphatic heterocycles. The largest absolute Gasteiger partial charge is 0.396 e. The Hall–Kier alpha value is -3.07. The molecular weight excluding hydrogens is 526 g/mol. The van der Waals surface area contributed by atoms with Crippen molar-refractivity contribution < 1.29 is 14.6 Å². The lowest BCUT2D eigenvalue weighted by atomic mass is 9.87. The van der Waals surface area contributed by atoms with Crippen molar-refractivity contribution in [2.45, 2.75) is 70.3 Å². The van der Waals surface area contributed by atoms with Gasteiger partial charge in [0.25, 0.3) is 0 Å². The van der Waals surface area contributed by atoms with Crippen LogP contribution in [0.15, 0.2) is 45.9 Å². The maximum atomic E-state index is 12.6. The molecule has 1 amide bonds. The zero-order valence-electron chi connectivity index (χ0n) is 25.7. The number of piperidine rings is 1. The minimum absolute atomic E-state index is 0.114. The van der Waals surface area contributed by atoms with E-state index in [0.717, 1.165) is 56.5 Å². The summed E-state index contributed by atoms with van der Waals surface area (Å²) in [7, 11) is 3.57. The van der Waals surface area contributed by atoms with Crippen LogP contribution < -0.4 is 0 Å². The second-order valence-electron chi connectivity index (χ2n) is 12.4. The van der Waals surface area contributed by atoms with Crippen LogP contribution in [0, 0.1) is 0 Å². The fraction of sp³-hybridized carbons (Fsp3) is 0.559. The highest BCUT2D eigenvalue weighted by Crippen LogP contribution is 2.38. The van der Waals surface area contributed by atoms with Crippen molar-refractivity contribution in [3.8, 4) is 0 Å². The highest BCUT2D eigenvalue weighted by molar-refractivity contribution is 6.07. The summed E-state index contributed by atoms with van der Waals surface area (Å²) in [6.07, 6.45) is 11.9. The fourth-order valence-electron chi connectivity index (χ4n) is 6.61. The van der Waals surface area contributed by atoms with E-state index in [2.05, 4.69) is 64.1 Å². The van der Waals surface area contributed by atoms with E-state index in [0.29, 0.717) is 38.0 Å². The SMILES string of the molecule is COC/C1=C/C(c2[nH]c3ccc(C4CCN(CC(=O)N(C)CCCO)CC4)cc3c2C(C)C)=C\CCC2CC1=NC=N2. The molecule has 1 aromatic carbocycles. The smallest absolute Gasteiger partial charge is 0.236 e. The highest BCUT2D eigenvalue weighted by Gasteiger charge is 2.26. The quantitative estimate of drug-likeness (QED) is 0.403. The van der Waals surface area contributed by atoms with Crippen LogP contribution in [0.3, 0.4) is 0 Å². The average molecular weight is 574 g/mol. The first kappa shape index (κ1) is 30.4. The van der Waals surface area contributed by atoms with Crippen LogP contribution in [0.4, 0.5) is 0 Å². The lowest BCUT2D eigenvalue weighted by Crippen LogP contribution is -2.42. The number of ether oxygens (including phenoxy) is 1. The van der Waals surface area contributed by atoms with Crippen molar-refractivity contribution in [3.63, 3.8) is 0 Å². The number of nitrogens with one attached hydrogen (secondary N) is 1. The Balaban J connectivity index is 1.38. The van der Waals surface area contributed by atoms with Crippen molar-refractivity contribution in [1.82, 2.24) is 14.8 Å². The number of fused-ring (bicyclic) bond motifs is 3. The molecule has 5 rings (SSSR count). The van der Waals surface area contributed by atoms with Gasteiger partial charge in [-0.1, -0.05) is 26.0 Å². The lowest BCUT2D eigenvalue weighted by Gasteiger charge is -2.32. The molecule has 1 saturated heterocycles. The maximum absolute atomic E-state index is 12.6. The summed E-state index contributed by atoms with van der Waals surface area (Å²) < 4.78 is 5.60. The van der Waals surface area contributed by atoms with Crippen molar-refractivity contribution in [3.05, 3.63) is 52.7 Å². The van der Waals surface area contributed by atoms with Crippen LogP contribution in [-0.2, 0) is 9.53 Å². The Morgan fingerprint density at radius 1 is 1.24 bits per heavy atom. The monoisotopic (exact) mass is 573 g/mol. The predicted octanol–water partition coefficient (Wildman–Crippen LogP) is 5.30. The van der Waals surface area contributed by atoms with E-state index >= 15 is 0 Å². The van der Waals surface area contributed by atoms with Crippen LogP contribution in [0.2, 0.25) is 0 Å². The first-order chi connectivity index (χ1) is 20.4. The number of amides is 1. The van der Waals surface area contributed by atoms with E-state index in [-0.39, 0.29) is 18.6 Å². The molecule has 3 heterocycles. The maximum Gasteiger partial charge on any atom is 0.236 e. The summed E-state index contributed by atoms with van der Waals surface area (Å²) >= 11 is 0. The van der Waals surface area contributed by atoms with Crippen molar-refractivity contribution >= 4 is 34.4 Å². The van der Waals surface area contributed by atoms with E-state index < -0.39 is 0 Å². The van der Waals surface area contributed by atoms with Crippen LogP contribution in [0.1, 0.15) is 81.0 Å². The third-order valence-electron chi connectivity index (χ3n) is 9.01. The highest BCUT2D eigenvalue weighted by atomic mass is 16.5. The van der Waals surface area contributed by atoms with Gasteiger partial charge in [-0.2, -0.15) is 0 Å². The molecule has 3 aliphatic rings. The number of benzene rings is 1. The average Bonchev–Trinajstić information content (AvgIpc) is 3.40. The number of hydrogen-bond donors (Lipinski definition) is 2. The standard InChI is InChI=1S/C34H47N5O3/c1-23(2)33-29-18-25(24-11-14-39(15-12-24)20-32(41)38(3)13-6-16-40)9-10-30(29)37-34(33)26-7-5-8-28-19-31(36-22-35-28)27(17-26)21-42-4/h7,9-10,17-18,22-24,28,37,40H,5-6,8,11-16,19-21H2,1-4H3/b26-7+,27-17-. The number of hydrogen-bond acceptors (Lipinski definition) is 6. The number of rotatable bonds is 10. The molecule has 8 nitrogen and oxygen atoms in total. The Morgan fingerprint density at radius 2 is 2.05 bits per heavy atom. The third-order valence-corrected chi connectivity index (χ3v) is 9.01. The first-order valence-electron chi connectivity index (χ1n) is 15.6. The molecule has 2 aromatic rings. The van der Waals surface area contributed by atoms with Gasteiger partial charge in [0.15, 0.2) is 0 Å². The second-order valence-corrected chi connectivity index (χ2v) is 12.4. The molecule has 1 atom stereocenters. The van der Waals surface area contributed by atoms with Gasteiger partial charge in [0, 0.05) is 56.0 Å². The molecular formula is C34H47N5O3. The van der Waals surface area contributed by atoms with E-state index in [1.807, 2.05) is 7.05 Å². The molecule has 8 heteroatoms. The number of likely N-dealkylation sites (tertiary alicyclic amines) is 1. The Kier molecular flexibility index (Phi) is 10.1.